The highest BCUT2D eigenvalue weighted by molar-refractivity contribution is 6.60. The molecular weight excluding hydrogens is 284 g/mol. The SMILES string of the molecule is CCCOCCC[Si](OC(C)C)(OC(C)C)OC(C)(C)C. The molecule has 0 spiro atoms. The van der Waals surface area contributed by atoms with Crippen LogP contribution in [0.3, 0.4) is 0 Å². The van der Waals surface area contributed by atoms with Gasteiger partial charge in [-0.25, -0.2) is 0 Å². The van der Waals surface area contributed by atoms with Gasteiger partial charge in [-0.05, 0) is 61.3 Å². The van der Waals surface area contributed by atoms with Crippen molar-refractivity contribution in [3.8, 4) is 0 Å². The summed E-state index contributed by atoms with van der Waals surface area (Å²) in [6.45, 7) is 17.9. The second-order valence-electron chi connectivity index (χ2n) is 6.95. The summed E-state index contributed by atoms with van der Waals surface area (Å²) in [5, 5.41) is 0. The summed E-state index contributed by atoms with van der Waals surface area (Å²) in [4.78, 5) is 0. The van der Waals surface area contributed by atoms with Gasteiger partial charge < -0.3 is 18.0 Å². The van der Waals surface area contributed by atoms with E-state index in [2.05, 4.69) is 27.7 Å². The molecule has 0 N–H and O–H groups in total. The van der Waals surface area contributed by atoms with Crippen molar-refractivity contribution < 1.29 is 18.0 Å². The molecule has 0 saturated heterocycles. The van der Waals surface area contributed by atoms with Gasteiger partial charge in [-0.15, -0.1) is 0 Å². The average molecular weight is 321 g/mol. The Bertz CT molecular complexity index is 251. The van der Waals surface area contributed by atoms with E-state index in [1.54, 1.807) is 0 Å². The number of rotatable bonds is 11. The van der Waals surface area contributed by atoms with Crippen LogP contribution in [-0.4, -0.2) is 39.8 Å². The lowest BCUT2D eigenvalue weighted by Gasteiger charge is -2.38. The highest BCUT2D eigenvalue weighted by atomic mass is 28.4. The van der Waals surface area contributed by atoms with Gasteiger partial charge in [-0.2, -0.15) is 0 Å². The summed E-state index contributed by atoms with van der Waals surface area (Å²) in [5.41, 5.74) is -0.278. The Hall–Kier alpha value is 0.0569. The third-order valence-electron chi connectivity index (χ3n) is 2.41. The van der Waals surface area contributed by atoms with Crippen molar-refractivity contribution in [2.75, 3.05) is 13.2 Å². The van der Waals surface area contributed by atoms with Gasteiger partial charge in [0.15, 0.2) is 0 Å². The first-order valence-corrected chi connectivity index (χ1v) is 10.2. The topological polar surface area (TPSA) is 36.9 Å². The summed E-state index contributed by atoms with van der Waals surface area (Å²) in [5.74, 6) is 0. The molecule has 21 heavy (non-hydrogen) atoms. The standard InChI is InChI=1S/C16H36O4Si/c1-9-11-17-12-10-13-21(18-14(2)3,19-15(4)5)20-16(6,7)8/h14-15H,9-13H2,1-8H3. The molecule has 0 bridgehead atoms. The molecule has 0 heterocycles. The van der Waals surface area contributed by atoms with E-state index >= 15 is 0 Å². The Labute approximate surface area is 132 Å². The zero-order valence-corrected chi connectivity index (χ0v) is 16.3. The molecule has 0 aliphatic heterocycles. The molecule has 0 aliphatic rings. The van der Waals surface area contributed by atoms with Crippen LogP contribution in [0.4, 0.5) is 0 Å². The van der Waals surface area contributed by atoms with E-state index in [4.69, 9.17) is 18.0 Å². The van der Waals surface area contributed by atoms with Crippen molar-refractivity contribution in [3.63, 3.8) is 0 Å². The van der Waals surface area contributed by atoms with Crippen LogP contribution >= 0.6 is 0 Å². The molecule has 0 radical (unpaired) electrons. The molecule has 0 fully saturated rings. The second kappa shape index (κ2) is 9.95. The predicted molar refractivity (Wildman–Crippen MR) is 89.6 cm³/mol. The van der Waals surface area contributed by atoms with Gasteiger partial charge in [0.25, 0.3) is 0 Å². The Morgan fingerprint density at radius 3 is 1.81 bits per heavy atom. The maximum atomic E-state index is 6.29. The Morgan fingerprint density at radius 1 is 0.905 bits per heavy atom. The van der Waals surface area contributed by atoms with E-state index in [1.807, 2.05) is 27.7 Å². The molecule has 0 atom stereocenters. The normalized spacial score (nSPS) is 13.4. The summed E-state index contributed by atoms with van der Waals surface area (Å²) in [6.07, 6.45) is 2.14. The van der Waals surface area contributed by atoms with Crippen molar-refractivity contribution in [2.24, 2.45) is 0 Å². The van der Waals surface area contributed by atoms with Crippen molar-refractivity contribution in [3.05, 3.63) is 0 Å². The molecule has 0 aromatic carbocycles. The molecule has 0 amide bonds. The van der Waals surface area contributed by atoms with Crippen molar-refractivity contribution in [1.29, 1.82) is 0 Å². The van der Waals surface area contributed by atoms with E-state index in [0.717, 1.165) is 32.1 Å². The first-order chi connectivity index (χ1) is 9.60. The van der Waals surface area contributed by atoms with E-state index < -0.39 is 8.80 Å². The average Bonchev–Trinajstić information content (AvgIpc) is 2.24. The first-order valence-electron chi connectivity index (χ1n) is 8.24. The third kappa shape index (κ3) is 11.3. The van der Waals surface area contributed by atoms with Crippen molar-refractivity contribution >= 4 is 8.80 Å². The largest absolute Gasteiger partial charge is 0.501 e. The first kappa shape index (κ1) is 21.1. The van der Waals surface area contributed by atoms with Gasteiger partial charge in [0, 0.05) is 31.5 Å². The van der Waals surface area contributed by atoms with Crippen molar-refractivity contribution in [2.45, 2.75) is 92.1 Å². The van der Waals surface area contributed by atoms with Gasteiger partial charge >= 0.3 is 8.80 Å². The lowest BCUT2D eigenvalue weighted by atomic mass is 10.2. The third-order valence-corrected chi connectivity index (χ3v) is 5.96. The molecule has 5 heteroatoms. The highest BCUT2D eigenvalue weighted by Gasteiger charge is 2.45. The minimum atomic E-state index is -2.70. The van der Waals surface area contributed by atoms with E-state index in [0.29, 0.717) is 0 Å². The molecule has 4 nitrogen and oxygen atoms in total. The maximum Gasteiger partial charge on any atom is 0.501 e. The van der Waals surface area contributed by atoms with Crippen LogP contribution in [0.1, 0.15) is 68.2 Å². The molecule has 0 saturated carbocycles. The van der Waals surface area contributed by atoms with Gasteiger partial charge in [0.1, 0.15) is 0 Å². The molecule has 0 rings (SSSR count). The van der Waals surface area contributed by atoms with E-state index in [9.17, 15) is 0 Å². The van der Waals surface area contributed by atoms with Crippen LogP contribution in [0.25, 0.3) is 0 Å². The fraction of sp³-hybridized carbons (Fsp3) is 1.00. The van der Waals surface area contributed by atoms with Crippen LogP contribution < -0.4 is 0 Å². The Morgan fingerprint density at radius 2 is 1.43 bits per heavy atom. The number of ether oxygens (including phenoxy) is 1. The number of hydrogen-bond acceptors (Lipinski definition) is 4. The molecule has 128 valence electrons. The quantitative estimate of drug-likeness (QED) is 0.417. The molecule has 0 aromatic heterocycles. The van der Waals surface area contributed by atoms with Gasteiger partial charge in [-0.3, -0.25) is 0 Å². The maximum absolute atomic E-state index is 6.29. The number of hydrogen-bond donors (Lipinski definition) is 0. The minimum Gasteiger partial charge on any atom is -0.381 e. The Balaban J connectivity index is 4.80. The summed E-state index contributed by atoms with van der Waals surface area (Å²) < 4.78 is 24.2. The lowest BCUT2D eigenvalue weighted by molar-refractivity contribution is -0.0311. The van der Waals surface area contributed by atoms with Gasteiger partial charge in [0.05, 0.1) is 5.60 Å². The van der Waals surface area contributed by atoms with Crippen LogP contribution in [-0.2, 0) is 18.0 Å². The monoisotopic (exact) mass is 320 g/mol. The summed E-state index contributed by atoms with van der Waals surface area (Å²) in [6, 6.07) is 0.796. The lowest BCUT2D eigenvalue weighted by Crippen LogP contribution is -2.53. The Kier molecular flexibility index (Phi) is 9.98. The van der Waals surface area contributed by atoms with Crippen LogP contribution in [0, 0.1) is 0 Å². The summed E-state index contributed by atoms with van der Waals surface area (Å²) >= 11 is 0. The smallest absolute Gasteiger partial charge is 0.381 e. The second-order valence-corrected chi connectivity index (χ2v) is 9.49. The molecule has 0 unspecified atom stereocenters. The summed E-state index contributed by atoms with van der Waals surface area (Å²) in [7, 11) is -2.70. The van der Waals surface area contributed by atoms with Crippen LogP contribution in [0.5, 0.6) is 0 Å². The molecular formula is C16H36O4Si. The zero-order valence-electron chi connectivity index (χ0n) is 15.3. The fourth-order valence-corrected chi connectivity index (χ4v) is 5.50. The zero-order chi connectivity index (χ0) is 16.5. The van der Waals surface area contributed by atoms with Crippen LogP contribution in [0.2, 0.25) is 6.04 Å². The van der Waals surface area contributed by atoms with Crippen molar-refractivity contribution in [1.82, 2.24) is 0 Å². The highest BCUT2D eigenvalue weighted by Crippen LogP contribution is 2.27. The van der Waals surface area contributed by atoms with E-state index in [1.165, 1.54) is 0 Å². The van der Waals surface area contributed by atoms with Gasteiger partial charge in [-0.1, -0.05) is 6.92 Å². The minimum absolute atomic E-state index is 0.0920. The predicted octanol–water partition coefficient (Wildman–Crippen LogP) is 4.41. The molecule has 0 aliphatic carbocycles. The van der Waals surface area contributed by atoms with E-state index in [-0.39, 0.29) is 17.8 Å². The molecule has 0 aromatic rings. The fourth-order valence-electron chi connectivity index (χ4n) is 2.07. The van der Waals surface area contributed by atoms with Gasteiger partial charge in [0.2, 0.25) is 0 Å². The van der Waals surface area contributed by atoms with Crippen LogP contribution in [0.15, 0.2) is 0 Å².